The third kappa shape index (κ3) is 2.78. The predicted molar refractivity (Wildman–Crippen MR) is 67.8 cm³/mol. The van der Waals surface area contributed by atoms with Gasteiger partial charge in [-0.15, -0.1) is 0 Å². The number of H-pyrrole nitrogens is 1. The molecular weight excluding hydrogens is 324 g/mol. The van der Waals surface area contributed by atoms with Gasteiger partial charge in [0.1, 0.15) is 6.10 Å². The Bertz CT molecular complexity index is 732. The molecule has 118 valence electrons. The number of rotatable bonds is 5. The molecule has 0 aromatic carbocycles. The Labute approximate surface area is 122 Å². The van der Waals surface area contributed by atoms with Gasteiger partial charge in [0.05, 0.1) is 6.61 Å². The van der Waals surface area contributed by atoms with Crippen LogP contribution in [0.2, 0.25) is 0 Å². The Balaban J connectivity index is 2.43. The van der Waals surface area contributed by atoms with Gasteiger partial charge in [0, 0.05) is 17.2 Å². The summed E-state index contributed by atoms with van der Waals surface area (Å²) in [5, 5.41) is 13.0. The second-order valence-electron chi connectivity index (χ2n) is 4.30. The van der Waals surface area contributed by atoms with E-state index in [-0.39, 0.29) is 0 Å². The van der Waals surface area contributed by atoms with Gasteiger partial charge in [-0.25, -0.2) is 13.8 Å². The lowest BCUT2D eigenvalue weighted by molar-refractivity contribution is -0.110. The first-order valence-electron chi connectivity index (χ1n) is 5.77. The molecule has 1 saturated heterocycles. The molecule has 13 heteroatoms. The first kappa shape index (κ1) is 16.3. The molecule has 0 radical (unpaired) electrons. The lowest BCUT2D eigenvalue weighted by atomic mass is 10.1. The smallest absolute Gasteiger partial charge is 0.330 e. The Hall–Kier alpha value is -2.10. The molecule has 0 saturated carbocycles. The van der Waals surface area contributed by atoms with E-state index >= 15 is 0 Å². The number of hydrogen-bond acceptors (Lipinski definition) is 7. The summed E-state index contributed by atoms with van der Waals surface area (Å²) in [6.45, 7) is -0.755. The average Bonchev–Trinajstić information content (AvgIpc) is 2.71. The van der Waals surface area contributed by atoms with Gasteiger partial charge >= 0.3 is 14.4 Å². The van der Waals surface area contributed by atoms with Crippen LogP contribution in [0.4, 0.5) is 4.39 Å². The maximum atomic E-state index is 14.3. The van der Waals surface area contributed by atoms with Crippen molar-refractivity contribution in [3.63, 3.8) is 0 Å². The zero-order valence-corrected chi connectivity index (χ0v) is 11.6. The molecular formula is C9H9FN5O6P. The van der Waals surface area contributed by atoms with Crippen LogP contribution < -0.4 is 11.2 Å². The summed E-state index contributed by atoms with van der Waals surface area (Å²) in [6.07, 6.45) is -4.73. The highest BCUT2D eigenvalue weighted by atomic mass is 31.1. The van der Waals surface area contributed by atoms with Crippen LogP contribution in [-0.2, 0) is 13.8 Å². The maximum Gasteiger partial charge on any atom is 0.330 e. The van der Waals surface area contributed by atoms with Crippen molar-refractivity contribution in [2.45, 2.75) is 24.2 Å². The first-order valence-corrected chi connectivity index (χ1v) is 6.50. The van der Waals surface area contributed by atoms with E-state index in [2.05, 4.69) is 14.5 Å². The monoisotopic (exact) mass is 333 g/mol. The van der Waals surface area contributed by atoms with E-state index in [1.807, 2.05) is 4.98 Å². The van der Waals surface area contributed by atoms with E-state index in [0.29, 0.717) is 0 Å². The number of azide groups is 1. The Morgan fingerprint density at radius 2 is 2.41 bits per heavy atom. The van der Waals surface area contributed by atoms with Crippen molar-refractivity contribution >= 4 is 8.69 Å². The second kappa shape index (κ2) is 6.34. The van der Waals surface area contributed by atoms with Gasteiger partial charge in [-0.2, -0.15) is 0 Å². The summed E-state index contributed by atoms with van der Waals surface area (Å²) in [5.41, 5.74) is 4.57. The van der Waals surface area contributed by atoms with Crippen molar-refractivity contribution in [1.82, 2.24) is 9.55 Å². The van der Waals surface area contributed by atoms with Gasteiger partial charge in [0.15, 0.2) is 12.4 Å². The van der Waals surface area contributed by atoms with Crippen molar-refractivity contribution in [2.75, 3.05) is 6.61 Å². The molecule has 0 bridgehead atoms. The SMILES string of the molecule is [N-]=[N+]=N[C@]1(COP=O)O[C@H](n2ccc(=O)[nH]c2=O)[C@H](O)[C@@H]1F. The molecule has 1 aliphatic heterocycles. The fraction of sp³-hybridized carbons (Fsp3) is 0.556. The second-order valence-corrected chi connectivity index (χ2v) is 4.71. The van der Waals surface area contributed by atoms with Gasteiger partial charge in [-0.05, 0) is 5.53 Å². The summed E-state index contributed by atoms with van der Waals surface area (Å²) < 4.78 is 35.0. The van der Waals surface area contributed by atoms with E-state index in [1.54, 1.807) is 0 Å². The van der Waals surface area contributed by atoms with Crippen LogP contribution in [0.25, 0.3) is 10.4 Å². The fourth-order valence-electron chi connectivity index (χ4n) is 2.02. The quantitative estimate of drug-likeness (QED) is 0.334. The third-order valence-electron chi connectivity index (χ3n) is 3.01. The number of halogens is 1. The molecule has 0 aliphatic carbocycles. The number of ether oxygens (including phenoxy) is 1. The van der Waals surface area contributed by atoms with E-state index in [4.69, 9.17) is 10.3 Å². The van der Waals surface area contributed by atoms with Crippen molar-refractivity contribution in [2.24, 2.45) is 5.11 Å². The van der Waals surface area contributed by atoms with Crippen LogP contribution in [0.1, 0.15) is 6.23 Å². The zero-order valence-electron chi connectivity index (χ0n) is 10.7. The van der Waals surface area contributed by atoms with Crippen LogP contribution >= 0.6 is 8.69 Å². The molecule has 2 heterocycles. The number of aliphatic hydroxyl groups is 1. The number of alkyl halides is 1. The van der Waals surface area contributed by atoms with Gasteiger partial charge in [0.2, 0.25) is 5.72 Å². The molecule has 0 unspecified atom stereocenters. The number of aromatic amines is 1. The fourth-order valence-corrected chi connectivity index (χ4v) is 2.26. The van der Waals surface area contributed by atoms with Gasteiger partial charge < -0.3 is 9.84 Å². The number of aromatic nitrogens is 2. The standard InChI is InChI=1S/C9H9FN5O6P/c10-6-5(17)7(15-2-1-4(16)12-8(15)18)21-9(6,13-14-11)3-20-22-19/h1-2,5-7,17H,3H2,(H,12,16,18)/t5-,6+,7+,9-/m1/s1. The topological polar surface area (TPSA) is 159 Å². The zero-order chi connectivity index (χ0) is 16.3. The minimum absolute atomic E-state index is 0.694. The Morgan fingerprint density at radius 3 is 3.00 bits per heavy atom. The summed E-state index contributed by atoms with van der Waals surface area (Å²) in [4.78, 5) is 27.0. The van der Waals surface area contributed by atoms with Crippen molar-refractivity contribution in [3.8, 4) is 0 Å². The summed E-state index contributed by atoms with van der Waals surface area (Å²) in [6, 6.07) is 0.963. The first-order chi connectivity index (χ1) is 10.4. The molecule has 1 fully saturated rings. The molecule has 22 heavy (non-hydrogen) atoms. The summed E-state index contributed by atoms with van der Waals surface area (Å²) in [7, 11) is -0.815. The lowest BCUT2D eigenvalue weighted by Crippen LogP contribution is -2.41. The molecule has 1 aromatic rings. The molecule has 2 rings (SSSR count). The number of hydrogen-bond donors (Lipinski definition) is 2. The minimum atomic E-state index is -2.30. The van der Waals surface area contributed by atoms with E-state index in [1.165, 1.54) is 0 Å². The largest absolute Gasteiger partial charge is 0.385 e. The minimum Gasteiger partial charge on any atom is -0.385 e. The predicted octanol–water partition coefficient (Wildman–Crippen LogP) is -0.00570. The highest BCUT2D eigenvalue weighted by Gasteiger charge is 2.56. The van der Waals surface area contributed by atoms with Crippen LogP contribution in [-0.4, -0.2) is 39.3 Å². The Kier molecular flexibility index (Phi) is 4.69. The molecule has 1 aromatic heterocycles. The van der Waals surface area contributed by atoms with E-state index < -0.39 is 50.8 Å². The normalized spacial score (nSPS) is 31.1. The van der Waals surface area contributed by atoms with Gasteiger partial charge in [-0.1, -0.05) is 5.11 Å². The Morgan fingerprint density at radius 1 is 1.68 bits per heavy atom. The summed E-state index contributed by atoms with van der Waals surface area (Å²) >= 11 is 0. The van der Waals surface area contributed by atoms with E-state index in [9.17, 15) is 23.7 Å². The summed E-state index contributed by atoms with van der Waals surface area (Å²) in [5.74, 6) is 0. The third-order valence-corrected chi connectivity index (χ3v) is 3.25. The molecule has 2 N–H and O–H groups in total. The molecule has 0 amide bonds. The van der Waals surface area contributed by atoms with Crippen LogP contribution in [0.15, 0.2) is 27.0 Å². The number of nitrogens with one attached hydrogen (secondary N) is 1. The van der Waals surface area contributed by atoms with Crippen molar-refractivity contribution in [3.05, 3.63) is 43.5 Å². The highest BCUT2D eigenvalue weighted by Crippen LogP contribution is 2.40. The molecule has 0 spiro atoms. The maximum absolute atomic E-state index is 14.3. The molecule has 4 atom stereocenters. The van der Waals surface area contributed by atoms with Crippen molar-refractivity contribution < 1.29 is 23.3 Å². The van der Waals surface area contributed by atoms with Crippen LogP contribution in [0.3, 0.4) is 0 Å². The van der Waals surface area contributed by atoms with Crippen LogP contribution in [0.5, 0.6) is 0 Å². The van der Waals surface area contributed by atoms with Crippen LogP contribution in [0, 0.1) is 0 Å². The average molecular weight is 333 g/mol. The highest BCUT2D eigenvalue weighted by molar-refractivity contribution is 7.17. The van der Waals surface area contributed by atoms with Gasteiger partial charge in [0.25, 0.3) is 5.56 Å². The molecule has 11 nitrogen and oxygen atoms in total. The molecule has 1 aliphatic rings. The number of nitrogens with zero attached hydrogens (tertiary/aromatic N) is 4. The lowest BCUT2D eigenvalue weighted by Gasteiger charge is -2.23. The van der Waals surface area contributed by atoms with E-state index in [0.717, 1.165) is 16.8 Å². The van der Waals surface area contributed by atoms with Gasteiger partial charge in [-0.3, -0.25) is 18.9 Å². The van der Waals surface area contributed by atoms with Crippen molar-refractivity contribution in [1.29, 1.82) is 0 Å². The number of aliphatic hydroxyl groups excluding tert-OH is 1.